The van der Waals surface area contributed by atoms with Gasteiger partial charge in [0.1, 0.15) is 0 Å². The molecular weight excluding hydrogens is 264 g/mol. The van der Waals surface area contributed by atoms with Crippen molar-refractivity contribution in [1.29, 1.82) is 0 Å². The van der Waals surface area contributed by atoms with Crippen LogP contribution in [0.15, 0.2) is 11.8 Å². The molecule has 0 bridgehead atoms. The smallest absolute Gasteiger partial charge is 0.333 e. The third kappa shape index (κ3) is 2.93. The Balaban J connectivity index is 3.01. The van der Waals surface area contributed by atoms with Gasteiger partial charge in [-0.3, -0.25) is 19.4 Å². The highest BCUT2D eigenvalue weighted by Gasteiger charge is 2.53. The van der Waals surface area contributed by atoms with Gasteiger partial charge in [-0.2, -0.15) is 0 Å². The van der Waals surface area contributed by atoms with Crippen LogP contribution in [0.2, 0.25) is 19.6 Å². The van der Waals surface area contributed by atoms with E-state index >= 15 is 0 Å². The second-order valence-corrected chi connectivity index (χ2v) is 10.9. The van der Waals surface area contributed by atoms with E-state index in [9.17, 15) is 19.5 Å². The molecule has 0 aromatic heterocycles. The Morgan fingerprint density at radius 1 is 1.11 bits per heavy atom. The fourth-order valence-corrected chi connectivity index (χ4v) is 2.63. The van der Waals surface area contributed by atoms with E-state index in [2.05, 4.69) is 19.6 Å². The molecule has 19 heavy (non-hydrogen) atoms. The number of carbonyl (C=O) groups is 3. The molecule has 7 heteroatoms. The molecule has 0 aliphatic carbocycles. The fourth-order valence-electron chi connectivity index (χ4n) is 1.80. The van der Waals surface area contributed by atoms with Crippen molar-refractivity contribution < 1.29 is 19.5 Å². The molecule has 0 aromatic carbocycles. The first-order chi connectivity index (χ1) is 8.50. The highest BCUT2D eigenvalue weighted by Crippen LogP contribution is 2.23. The molecule has 1 aliphatic heterocycles. The molecule has 6 nitrogen and oxygen atoms in total. The Kier molecular flexibility index (Phi) is 4.02. The van der Waals surface area contributed by atoms with Gasteiger partial charge < -0.3 is 5.11 Å². The summed E-state index contributed by atoms with van der Waals surface area (Å²) in [5.41, 5.74) is -0.227. The number of barbiturate groups is 1. The summed E-state index contributed by atoms with van der Waals surface area (Å²) in [5.74, 6) is -1.75. The van der Waals surface area contributed by atoms with Crippen LogP contribution < -0.4 is 0 Å². The van der Waals surface area contributed by atoms with E-state index in [-0.39, 0.29) is 6.42 Å². The van der Waals surface area contributed by atoms with Crippen molar-refractivity contribution in [1.82, 2.24) is 9.80 Å². The van der Waals surface area contributed by atoms with Gasteiger partial charge in [-0.05, 0) is 0 Å². The second-order valence-electron chi connectivity index (χ2n) is 5.84. The van der Waals surface area contributed by atoms with Crippen LogP contribution in [-0.4, -0.2) is 60.5 Å². The summed E-state index contributed by atoms with van der Waals surface area (Å²) in [7, 11) is 1.03. The van der Waals surface area contributed by atoms with Crippen LogP contribution >= 0.6 is 0 Å². The summed E-state index contributed by atoms with van der Waals surface area (Å²) in [6.07, 6.45) is 1.54. The fraction of sp³-hybridized carbons (Fsp3) is 0.583. The minimum atomic E-state index is -2.17. The maximum Gasteiger partial charge on any atom is 0.333 e. The first-order valence-electron chi connectivity index (χ1n) is 6.01. The molecule has 106 valence electrons. The number of likely N-dealkylation sites (N-methyl/N-ethyl adjacent to an activating group) is 2. The monoisotopic (exact) mass is 284 g/mol. The van der Waals surface area contributed by atoms with Crippen molar-refractivity contribution in [2.24, 2.45) is 0 Å². The third-order valence-electron chi connectivity index (χ3n) is 2.92. The van der Waals surface area contributed by atoms with Crippen molar-refractivity contribution in [2.45, 2.75) is 31.7 Å². The lowest BCUT2D eigenvalue weighted by molar-refractivity contribution is -0.167. The lowest BCUT2D eigenvalue weighted by Gasteiger charge is -2.37. The highest BCUT2D eigenvalue weighted by atomic mass is 28.3. The third-order valence-corrected chi connectivity index (χ3v) is 4.16. The summed E-state index contributed by atoms with van der Waals surface area (Å²) in [5, 5.41) is 10.3. The molecule has 0 radical (unpaired) electrons. The Hall–Kier alpha value is -1.47. The lowest BCUT2D eigenvalue weighted by atomic mass is 9.94. The number of imide groups is 2. The minimum Gasteiger partial charge on any atom is -0.371 e. The topological polar surface area (TPSA) is 77.9 Å². The predicted molar refractivity (Wildman–Crippen MR) is 73.0 cm³/mol. The van der Waals surface area contributed by atoms with Gasteiger partial charge in [-0.25, -0.2) is 4.79 Å². The second kappa shape index (κ2) is 4.90. The molecule has 1 N–H and O–H groups in total. The Bertz CT molecular complexity index is 429. The number of hydrogen-bond donors (Lipinski definition) is 1. The Labute approximate surface area is 113 Å². The summed E-state index contributed by atoms with van der Waals surface area (Å²) in [4.78, 5) is 37.0. The number of hydrogen-bond acceptors (Lipinski definition) is 4. The Morgan fingerprint density at radius 2 is 1.53 bits per heavy atom. The average Bonchev–Trinajstić information content (AvgIpc) is 2.30. The van der Waals surface area contributed by atoms with Gasteiger partial charge in [0.25, 0.3) is 11.8 Å². The summed E-state index contributed by atoms with van der Waals surface area (Å²) >= 11 is 0. The first-order valence-corrected chi connectivity index (χ1v) is 9.59. The van der Waals surface area contributed by atoms with Crippen LogP contribution in [-0.2, 0) is 9.59 Å². The van der Waals surface area contributed by atoms with E-state index in [1.54, 1.807) is 6.08 Å². The summed E-state index contributed by atoms with van der Waals surface area (Å²) in [6.45, 7) is 6.29. The van der Waals surface area contributed by atoms with Gasteiger partial charge in [-0.1, -0.05) is 31.4 Å². The van der Waals surface area contributed by atoms with Crippen molar-refractivity contribution in [3.63, 3.8) is 0 Å². The molecular formula is C12H20N2O4Si. The quantitative estimate of drug-likeness (QED) is 0.608. The van der Waals surface area contributed by atoms with Crippen LogP contribution in [0.25, 0.3) is 0 Å². The number of urea groups is 1. The van der Waals surface area contributed by atoms with Gasteiger partial charge in [0.15, 0.2) is 0 Å². The zero-order valence-electron chi connectivity index (χ0n) is 11.9. The van der Waals surface area contributed by atoms with E-state index in [4.69, 9.17) is 0 Å². The van der Waals surface area contributed by atoms with Gasteiger partial charge in [-0.15, -0.1) is 0 Å². The molecule has 1 aliphatic rings. The highest BCUT2D eigenvalue weighted by molar-refractivity contribution is 6.80. The van der Waals surface area contributed by atoms with E-state index in [1.807, 2.05) is 5.70 Å². The van der Waals surface area contributed by atoms with Gasteiger partial charge >= 0.3 is 6.03 Å². The summed E-state index contributed by atoms with van der Waals surface area (Å²) in [6, 6.07) is -0.728. The molecule has 1 rings (SSSR count). The molecule has 0 saturated carbocycles. The van der Waals surface area contributed by atoms with E-state index < -0.39 is 31.5 Å². The Morgan fingerprint density at radius 3 is 1.89 bits per heavy atom. The lowest BCUT2D eigenvalue weighted by Crippen LogP contribution is -2.66. The van der Waals surface area contributed by atoms with Gasteiger partial charge in [0.05, 0.1) is 8.07 Å². The van der Waals surface area contributed by atoms with Crippen LogP contribution in [0.5, 0.6) is 0 Å². The standard InChI is InChI=1S/C12H20N2O4Si/c1-13-9(15)12(18,7-6-8-19(3,4)5)10(16)14(2)11(13)17/h6,8,18H,7H2,1-5H3/b8-6+. The van der Waals surface area contributed by atoms with E-state index in [1.165, 1.54) is 14.1 Å². The van der Waals surface area contributed by atoms with Crippen molar-refractivity contribution in [2.75, 3.05) is 14.1 Å². The van der Waals surface area contributed by atoms with Gasteiger partial charge in [0, 0.05) is 20.5 Å². The van der Waals surface area contributed by atoms with Crippen LogP contribution in [0.1, 0.15) is 6.42 Å². The first kappa shape index (κ1) is 15.6. The molecule has 0 unspecified atom stereocenters. The molecule has 4 amide bonds. The van der Waals surface area contributed by atoms with Crippen molar-refractivity contribution >= 4 is 25.9 Å². The molecule has 0 spiro atoms. The van der Waals surface area contributed by atoms with Crippen LogP contribution in [0, 0.1) is 0 Å². The van der Waals surface area contributed by atoms with Crippen LogP contribution in [0.3, 0.4) is 0 Å². The van der Waals surface area contributed by atoms with E-state index in [0.29, 0.717) is 0 Å². The van der Waals surface area contributed by atoms with Crippen LogP contribution in [0.4, 0.5) is 4.79 Å². The average molecular weight is 284 g/mol. The van der Waals surface area contributed by atoms with Crippen molar-refractivity contribution in [3.8, 4) is 0 Å². The molecule has 0 aromatic rings. The minimum absolute atomic E-state index is 0.114. The number of amides is 4. The molecule has 1 saturated heterocycles. The van der Waals surface area contributed by atoms with E-state index in [0.717, 1.165) is 9.80 Å². The maximum absolute atomic E-state index is 12.0. The molecule has 1 fully saturated rings. The number of nitrogens with zero attached hydrogens (tertiary/aromatic N) is 2. The summed E-state index contributed by atoms with van der Waals surface area (Å²) < 4.78 is 0. The number of aliphatic hydroxyl groups is 1. The molecule has 0 atom stereocenters. The predicted octanol–water partition coefficient (Wildman–Crippen LogP) is 0.592. The van der Waals surface area contributed by atoms with Crippen molar-refractivity contribution in [3.05, 3.63) is 11.8 Å². The SMILES string of the molecule is CN1C(=O)N(C)C(=O)C(O)(C/C=C/[Si](C)(C)C)C1=O. The number of rotatable bonds is 3. The normalized spacial score (nSPS) is 20.6. The largest absolute Gasteiger partial charge is 0.371 e. The zero-order valence-corrected chi connectivity index (χ0v) is 12.9. The number of carbonyl (C=O) groups excluding carboxylic acids is 3. The maximum atomic E-state index is 12.0. The zero-order chi connectivity index (χ0) is 15.0. The van der Waals surface area contributed by atoms with Gasteiger partial charge in [0.2, 0.25) is 5.60 Å². The molecule has 1 heterocycles.